The molecule has 0 fully saturated rings. The highest BCUT2D eigenvalue weighted by Crippen LogP contribution is 2.06. The third-order valence-electron chi connectivity index (χ3n) is 2.46. The first-order valence-corrected chi connectivity index (χ1v) is 6.31. The van der Waals surface area contributed by atoms with E-state index in [9.17, 15) is 14.4 Å². The Morgan fingerprint density at radius 1 is 1.25 bits per heavy atom. The summed E-state index contributed by atoms with van der Waals surface area (Å²) in [6.07, 6.45) is -0.505. The predicted molar refractivity (Wildman–Crippen MR) is 70.5 cm³/mol. The molecule has 1 atom stereocenters. The Hall–Kier alpha value is -1.83. The van der Waals surface area contributed by atoms with Gasteiger partial charge in [0.25, 0.3) is 0 Å². The molecule has 0 aromatic rings. The van der Waals surface area contributed by atoms with E-state index in [4.69, 9.17) is 14.9 Å². The van der Waals surface area contributed by atoms with Crippen LogP contribution in [0, 0.1) is 0 Å². The molecule has 0 aliphatic heterocycles. The Morgan fingerprint density at radius 3 is 2.30 bits per heavy atom. The summed E-state index contributed by atoms with van der Waals surface area (Å²) in [7, 11) is 0. The summed E-state index contributed by atoms with van der Waals surface area (Å²) in [6, 6.07) is -1.91. The maximum atomic E-state index is 11.6. The summed E-state index contributed by atoms with van der Waals surface area (Å²) in [5, 5.41) is 22.1. The van der Waals surface area contributed by atoms with E-state index in [2.05, 4.69) is 10.6 Å². The molecule has 0 aliphatic rings. The Bertz CT molecular complexity index is 356. The first-order valence-electron chi connectivity index (χ1n) is 6.31. The molecule has 4 N–H and O–H groups in total. The number of carboxylic acid groups (broad SMARTS) is 2. The van der Waals surface area contributed by atoms with E-state index < -0.39 is 29.6 Å². The minimum absolute atomic E-state index is 0.174. The van der Waals surface area contributed by atoms with Gasteiger partial charge < -0.3 is 25.6 Å². The lowest BCUT2D eigenvalue weighted by molar-refractivity contribution is -0.140. The summed E-state index contributed by atoms with van der Waals surface area (Å²) in [6.45, 7) is 6.10. The lowest BCUT2D eigenvalue weighted by atomic mass is 10.1. The number of rotatable bonds is 9. The summed E-state index contributed by atoms with van der Waals surface area (Å²) in [5.74, 6) is -2.39. The van der Waals surface area contributed by atoms with Gasteiger partial charge in [0.15, 0.2) is 0 Å². The molecule has 8 heteroatoms. The van der Waals surface area contributed by atoms with Crippen LogP contribution in [0.4, 0.5) is 4.79 Å². The third-order valence-corrected chi connectivity index (χ3v) is 2.46. The SMILES string of the molecule is CCOC(C)(C)CNC(=O)N[C@@H](CCC(=O)O)C(=O)O. The zero-order chi connectivity index (χ0) is 15.8. The van der Waals surface area contributed by atoms with Gasteiger partial charge in [-0.1, -0.05) is 0 Å². The molecule has 0 radical (unpaired) electrons. The van der Waals surface area contributed by atoms with Crippen molar-refractivity contribution in [2.24, 2.45) is 0 Å². The minimum atomic E-state index is -1.27. The number of nitrogens with one attached hydrogen (secondary N) is 2. The zero-order valence-electron chi connectivity index (χ0n) is 11.9. The molecule has 8 nitrogen and oxygen atoms in total. The van der Waals surface area contributed by atoms with Crippen LogP contribution in [0.1, 0.15) is 33.6 Å². The second-order valence-corrected chi connectivity index (χ2v) is 4.84. The average Bonchev–Trinajstić information content (AvgIpc) is 2.31. The lowest BCUT2D eigenvalue weighted by Gasteiger charge is -2.25. The molecule has 0 rings (SSSR count). The molecule has 0 aromatic carbocycles. The Labute approximate surface area is 117 Å². The van der Waals surface area contributed by atoms with Gasteiger partial charge in [-0.05, 0) is 27.2 Å². The first kappa shape index (κ1) is 18.2. The van der Waals surface area contributed by atoms with E-state index in [0.717, 1.165) is 0 Å². The smallest absolute Gasteiger partial charge is 0.326 e. The van der Waals surface area contributed by atoms with Crippen molar-refractivity contribution in [3.8, 4) is 0 Å². The van der Waals surface area contributed by atoms with Crippen molar-refractivity contribution in [2.45, 2.75) is 45.3 Å². The molecule has 0 aliphatic carbocycles. The number of urea groups is 1. The highest BCUT2D eigenvalue weighted by Gasteiger charge is 2.23. The van der Waals surface area contributed by atoms with Crippen molar-refractivity contribution >= 4 is 18.0 Å². The highest BCUT2D eigenvalue weighted by atomic mass is 16.5. The van der Waals surface area contributed by atoms with E-state index >= 15 is 0 Å². The standard InChI is InChI=1S/C12H22N2O6/c1-4-20-12(2,3)7-13-11(19)14-8(10(17)18)5-6-9(15)16/h8H,4-7H2,1-3H3,(H,15,16)(H,17,18)(H2,13,14,19)/t8-/m0/s1. The van der Waals surface area contributed by atoms with E-state index in [1.165, 1.54) is 0 Å². The number of ether oxygens (including phenoxy) is 1. The maximum absolute atomic E-state index is 11.6. The van der Waals surface area contributed by atoms with Crippen LogP contribution in [0.15, 0.2) is 0 Å². The Kier molecular flexibility index (Phi) is 7.60. The fraction of sp³-hybridized carbons (Fsp3) is 0.750. The van der Waals surface area contributed by atoms with Crippen LogP contribution in [-0.2, 0) is 14.3 Å². The average molecular weight is 290 g/mol. The lowest BCUT2D eigenvalue weighted by Crippen LogP contribution is -2.49. The molecule has 0 aromatic heterocycles. The summed E-state index contributed by atoms with van der Waals surface area (Å²) >= 11 is 0. The molecule has 116 valence electrons. The largest absolute Gasteiger partial charge is 0.481 e. The molecular weight excluding hydrogens is 268 g/mol. The molecule has 0 heterocycles. The van der Waals surface area contributed by atoms with E-state index in [0.29, 0.717) is 6.61 Å². The number of aliphatic carboxylic acids is 2. The molecule has 0 saturated carbocycles. The topological polar surface area (TPSA) is 125 Å². The van der Waals surface area contributed by atoms with Crippen LogP contribution in [0.5, 0.6) is 0 Å². The number of amides is 2. The zero-order valence-corrected chi connectivity index (χ0v) is 11.9. The normalized spacial score (nSPS) is 12.6. The molecule has 0 unspecified atom stereocenters. The van der Waals surface area contributed by atoms with Crippen LogP contribution < -0.4 is 10.6 Å². The van der Waals surface area contributed by atoms with Gasteiger partial charge in [-0.3, -0.25) is 4.79 Å². The monoisotopic (exact) mass is 290 g/mol. The van der Waals surface area contributed by atoms with Crippen LogP contribution in [-0.4, -0.2) is 53.0 Å². The van der Waals surface area contributed by atoms with Gasteiger partial charge in [0.05, 0.1) is 5.60 Å². The van der Waals surface area contributed by atoms with Crippen molar-refractivity contribution in [3.63, 3.8) is 0 Å². The minimum Gasteiger partial charge on any atom is -0.481 e. The Balaban J connectivity index is 4.26. The van der Waals surface area contributed by atoms with Gasteiger partial charge in [0.2, 0.25) is 0 Å². The second kappa shape index (κ2) is 8.36. The van der Waals surface area contributed by atoms with Crippen molar-refractivity contribution in [1.29, 1.82) is 0 Å². The van der Waals surface area contributed by atoms with Crippen molar-refractivity contribution in [1.82, 2.24) is 10.6 Å². The quantitative estimate of drug-likeness (QED) is 0.487. The maximum Gasteiger partial charge on any atom is 0.326 e. The molecule has 0 saturated heterocycles. The van der Waals surface area contributed by atoms with Crippen molar-refractivity contribution < 1.29 is 29.3 Å². The van der Waals surface area contributed by atoms with Gasteiger partial charge in [-0.2, -0.15) is 0 Å². The van der Waals surface area contributed by atoms with Gasteiger partial charge in [-0.25, -0.2) is 9.59 Å². The summed E-state index contributed by atoms with van der Waals surface area (Å²) in [5.41, 5.74) is -0.564. The predicted octanol–water partition coefficient (Wildman–Crippen LogP) is 0.419. The summed E-state index contributed by atoms with van der Waals surface area (Å²) in [4.78, 5) is 32.9. The molecular formula is C12H22N2O6. The van der Waals surface area contributed by atoms with Gasteiger partial charge in [0, 0.05) is 19.6 Å². The number of carbonyl (C=O) groups excluding carboxylic acids is 1. The van der Waals surface area contributed by atoms with Crippen LogP contribution in [0.2, 0.25) is 0 Å². The Morgan fingerprint density at radius 2 is 1.85 bits per heavy atom. The number of hydrogen-bond acceptors (Lipinski definition) is 4. The van der Waals surface area contributed by atoms with Gasteiger partial charge in [-0.15, -0.1) is 0 Å². The third kappa shape index (κ3) is 8.30. The fourth-order valence-electron chi connectivity index (χ4n) is 1.47. The van der Waals surface area contributed by atoms with E-state index in [-0.39, 0.29) is 19.4 Å². The van der Waals surface area contributed by atoms with Crippen LogP contribution in [0.3, 0.4) is 0 Å². The first-order chi connectivity index (χ1) is 9.18. The van der Waals surface area contributed by atoms with E-state index in [1.54, 1.807) is 13.8 Å². The van der Waals surface area contributed by atoms with Crippen LogP contribution in [0.25, 0.3) is 0 Å². The van der Waals surface area contributed by atoms with Gasteiger partial charge in [0.1, 0.15) is 6.04 Å². The second-order valence-electron chi connectivity index (χ2n) is 4.84. The van der Waals surface area contributed by atoms with Gasteiger partial charge >= 0.3 is 18.0 Å². The molecule has 0 bridgehead atoms. The number of hydrogen-bond donors (Lipinski definition) is 4. The van der Waals surface area contributed by atoms with Crippen LogP contribution >= 0.6 is 0 Å². The molecule has 0 spiro atoms. The molecule has 2 amide bonds. The van der Waals surface area contributed by atoms with E-state index in [1.807, 2.05) is 6.92 Å². The van der Waals surface area contributed by atoms with Crippen molar-refractivity contribution in [3.05, 3.63) is 0 Å². The number of carboxylic acids is 2. The highest BCUT2D eigenvalue weighted by molar-refractivity contribution is 5.83. The number of carbonyl (C=O) groups is 3. The van der Waals surface area contributed by atoms with Crippen molar-refractivity contribution in [2.75, 3.05) is 13.2 Å². The summed E-state index contributed by atoms with van der Waals surface area (Å²) < 4.78 is 5.37. The molecule has 20 heavy (non-hydrogen) atoms. The fourth-order valence-corrected chi connectivity index (χ4v) is 1.47.